The molecule has 0 saturated carbocycles. The number of hydrogen-bond acceptors (Lipinski definition) is 6. The number of fused-ring (bicyclic) bond motifs is 32. The first-order valence-electron chi connectivity index (χ1n) is 35.4. The highest BCUT2D eigenvalue weighted by atomic mass is 79.9. The molecule has 105 heavy (non-hydrogen) atoms. The summed E-state index contributed by atoms with van der Waals surface area (Å²) in [5, 5.41) is 30.2. The fraction of sp³-hybridized carbons (Fsp3) is 0. The minimum atomic E-state index is 0.688. The van der Waals surface area contributed by atoms with Gasteiger partial charge in [0, 0.05) is 86.5 Å². The molecule has 0 saturated heterocycles. The summed E-state index contributed by atoms with van der Waals surface area (Å²) in [5.41, 5.74) is 11.9. The van der Waals surface area contributed by atoms with E-state index in [2.05, 4.69) is 335 Å². The first-order valence-corrected chi connectivity index (χ1v) is 36.2. The molecule has 0 unspecified atom stereocenters. The summed E-state index contributed by atoms with van der Waals surface area (Å²) < 4.78 is 16.6. The Balaban J connectivity index is 0.000000109. The van der Waals surface area contributed by atoms with Crippen LogP contribution in [-0.4, -0.2) is 29.5 Å². The predicted octanol–water partition coefficient (Wildman–Crippen LogP) is 26.8. The van der Waals surface area contributed by atoms with Crippen LogP contribution < -0.4 is 0 Å². The van der Waals surface area contributed by atoms with E-state index in [0.717, 1.165) is 147 Å². The van der Waals surface area contributed by atoms with Crippen molar-refractivity contribution in [2.45, 2.75) is 0 Å². The van der Waals surface area contributed by atoms with Gasteiger partial charge in [-0.2, -0.15) is 0 Å². The van der Waals surface area contributed by atoms with Crippen LogP contribution in [0.3, 0.4) is 0 Å². The number of furan rings is 2. The number of nitrogens with zero attached hydrogens (tertiary/aromatic N) is 5. The minimum Gasteiger partial charge on any atom is -0.454 e. The Labute approximate surface area is 606 Å². The summed E-state index contributed by atoms with van der Waals surface area (Å²) in [6.07, 6.45) is 0. The van der Waals surface area contributed by atoms with E-state index in [9.17, 15) is 0 Å². The smallest absolute Gasteiger partial charge is 0.162 e. The van der Waals surface area contributed by atoms with Gasteiger partial charge in [-0.05, 0) is 105 Å². The van der Waals surface area contributed by atoms with E-state index in [0.29, 0.717) is 5.82 Å². The summed E-state index contributed by atoms with van der Waals surface area (Å²) in [7, 11) is 0. The SMILES string of the molecule is Brc1nc(-c2cccc3ccccc23)nc2c1ccc1ccccc12.c1ccc2c(-c3nc(-n4c5c6ccccc6ccc5c5c6ccccc6c6c7ccccc7oc6c54)c4ccc5ccccc5c4n3)cccc2c1.c1ccc2c(c1)ccc1c2[nH]c2c3oc4ccccc4c3c3ccccc3c12. The molecule has 0 aliphatic heterocycles. The molecule has 6 heterocycles. The molecule has 6 aromatic heterocycles. The maximum absolute atomic E-state index is 6.97. The first kappa shape index (κ1) is 59.1. The standard InChI is InChI=1S/C48H27N3O.C26H15NO.C22H13BrN2/c1-4-16-31-28(12-1)15-11-22-36(31)47-49-43-32-17-5-2-13-29(32)25-27-39(43)48(50-47)51-44-33-18-6-3-14-30(33)24-26-38(44)41-34-19-7-8-20-35(34)42-37-21-9-10-23-40(37)52-46(42)45(41)51;1-2-8-16-15(7-1)13-14-20-22-17-9-3-4-10-18(17)23-19-11-5-6-12-21(19)28-26(23)25(22)27-24(16)20;23-21-19-13-12-15-7-2-4-10-17(15)20(19)24-22(25-21)18-11-5-8-14-6-1-3-9-16(14)18/h1-27H;1-14,27H;1-13H. The van der Waals surface area contributed by atoms with Crippen molar-refractivity contribution in [1.29, 1.82) is 0 Å². The number of hydrogen-bond donors (Lipinski definition) is 1. The second kappa shape index (κ2) is 23.2. The Morgan fingerprint density at radius 3 is 1.20 bits per heavy atom. The van der Waals surface area contributed by atoms with Crippen molar-refractivity contribution in [1.82, 2.24) is 29.5 Å². The van der Waals surface area contributed by atoms with E-state index < -0.39 is 0 Å². The number of aromatic nitrogens is 6. The van der Waals surface area contributed by atoms with Crippen molar-refractivity contribution in [2.24, 2.45) is 0 Å². The third-order valence-corrected chi connectivity index (χ3v) is 22.1. The molecule has 0 radical (unpaired) electrons. The van der Waals surface area contributed by atoms with Gasteiger partial charge in [0.2, 0.25) is 0 Å². The number of H-pyrrole nitrogens is 1. The molecule has 0 atom stereocenters. The van der Waals surface area contributed by atoms with Crippen molar-refractivity contribution in [3.05, 3.63) is 332 Å². The van der Waals surface area contributed by atoms with Gasteiger partial charge in [0.1, 0.15) is 21.6 Å². The zero-order valence-corrected chi connectivity index (χ0v) is 57.7. The van der Waals surface area contributed by atoms with Crippen LogP contribution in [0.15, 0.2) is 341 Å². The predicted molar refractivity (Wildman–Crippen MR) is 442 cm³/mol. The first-order chi connectivity index (χ1) is 52.0. The fourth-order valence-corrected chi connectivity index (χ4v) is 17.4. The highest BCUT2D eigenvalue weighted by molar-refractivity contribution is 9.10. The van der Waals surface area contributed by atoms with E-state index in [1.165, 1.54) is 75.5 Å². The summed E-state index contributed by atoms with van der Waals surface area (Å²) in [4.78, 5) is 24.4. The molecule has 0 aliphatic rings. The number of para-hydroxylation sites is 2. The van der Waals surface area contributed by atoms with E-state index in [-0.39, 0.29) is 0 Å². The molecule has 0 spiro atoms. The van der Waals surface area contributed by atoms with Crippen LogP contribution in [0.4, 0.5) is 0 Å². The van der Waals surface area contributed by atoms with Crippen molar-refractivity contribution in [3.8, 4) is 28.6 Å². The Morgan fingerprint density at radius 2 is 0.629 bits per heavy atom. The lowest BCUT2D eigenvalue weighted by Crippen LogP contribution is -2.04. The number of nitrogens with one attached hydrogen (secondary N) is 1. The Bertz CT molecular complexity index is 7830. The third-order valence-electron chi connectivity index (χ3n) is 21.5. The zero-order valence-electron chi connectivity index (χ0n) is 56.1. The van der Waals surface area contributed by atoms with Gasteiger partial charge in [-0.3, -0.25) is 4.57 Å². The Kier molecular flexibility index (Phi) is 13.1. The van der Waals surface area contributed by atoms with Gasteiger partial charge < -0.3 is 13.8 Å². The molecule has 1 N–H and O–H groups in total. The molecule has 0 fully saturated rings. The Morgan fingerprint density at radius 1 is 0.248 bits per heavy atom. The molecule has 8 nitrogen and oxygen atoms in total. The monoisotopic (exact) mass is 1400 g/mol. The largest absolute Gasteiger partial charge is 0.454 e. The van der Waals surface area contributed by atoms with Crippen LogP contribution in [0.2, 0.25) is 0 Å². The van der Waals surface area contributed by atoms with E-state index >= 15 is 0 Å². The molecule has 488 valence electrons. The fourth-order valence-electron chi connectivity index (χ4n) is 16.9. The third kappa shape index (κ3) is 8.98. The van der Waals surface area contributed by atoms with E-state index in [1.54, 1.807) is 0 Å². The second-order valence-electron chi connectivity index (χ2n) is 27.1. The average molecular weight is 1400 g/mol. The van der Waals surface area contributed by atoms with Crippen molar-refractivity contribution in [3.63, 3.8) is 0 Å². The lowest BCUT2D eigenvalue weighted by atomic mass is 9.98. The molecule has 0 bridgehead atoms. The molecule has 9 heteroatoms. The van der Waals surface area contributed by atoms with Gasteiger partial charge >= 0.3 is 0 Å². The van der Waals surface area contributed by atoms with Crippen molar-refractivity contribution in [2.75, 3.05) is 0 Å². The molecular weight excluding hydrogens is 1350 g/mol. The van der Waals surface area contributed by atoms with Crippen LogP contribution in [0.1, 0.15) is 0 Å². The molecule has 24 rings (SSSR count). The number of aromatic amines is 1. The molecule has 0 aliphatic carbocycles. The summed E-state index contributed by atoms with van der Waals surface area (Å²) in [6.45, 7) is 0. The molecular formula is C96H55BrN6O2. The number of halogens is 1. The molecule has 24 aromatic rings. The molecule has 18 aromatic carbocycles. The van der Waals surface area contributed by atoms with Crippen molar-refractivity contribution >= 4 is 211 Å². The van der Waals surface area contributed by atoms with Gasteiger partial charge in [-0.25, -0.2) is 19.9 Å². The maximum Gasteiger partial charge on any atom is 0.162 e. The van der Waals surface area contributed by atoms with Gasteiger partial charge in [0.15, 0.2) is 22.8 Å². The van der Waals surface area contributed by atoms with Crippen LogP contribution in [0.5, 0.6) is 0 Å². The maximum atomic E-state index is 6.97. The van der Waals surface area contributed by atoms with E-state index in [1.807, 2.05) is 18.2 Å². The van der Waals surface area contributed by atoms with Gasteiger partial charge in [-0.15, -0.1) is 0 Å². The quantitative estimate of drug-likeness (QED) is 0.140. The van der Waals surface area contributed by atoms with Crippen LogP contribution >= 0.6 is 15.9 Å². The highest BCUT2D eigenvalue weighted by Crippen LogP contribution is 2.50. The number of rotatable bonds is 3. The Hall–Kier alpha value is -13.6. The van der Waals surface area contributed by atoms with Crippen LogP contribution in [0.25, 0.3) is 224 Å². The van der Waals surface area contributed by atoms with E-state index in [4.69, 9.17) is 28.8 Å². The average Bonchev–Trinajstić information content (AvgIpc) is 1.54. The summed E-state index contributed by atoms with van der Waals surface area (Å²) >= 11 is 3.64. The van der Waals surface area contributed by atoms with Crippen molar-refractivity contribution < 1.29 is 8.83 Å². The van der Waals surface area contributed by atoms with Gasteiger partial charge in [0.25, 0.3) is 0 Å². The topological polar surface area (TPSA) is 98.6 Å². The second-order valence-corrected chi connectivity index (χ2v) is 27.9. The van der Waals surface area contributed by atoms with Gasteiger partial charge in [-0.1, -0.05) is 303 Å². The summed E-state index contributed by atoms with van der Waals surface area (Å²) in [5.74, 6) is 2.26. The van der Waals surface area contributed by atoms with Crippen LogP contribution in [-0.2, 0) is 0 Å². The lowest BCUT2D eigenvalue weighted by Gasteiger charge is -2.16. The highest BCUT2D eigenvalue weighted by Gasteiger charge is 2.28. The zero-order chi connectivity index (χ0) is 69.0. The summed E-state index contributed by atoms with van der Waals surface area (Å²) in [6, 6.07) is 115. The normalized spacial score (nSPS) is 12.0. The number of benzene rings is 18. The van der Waals surface area contributed by atoms with Crippen LogP contribution in [0, 0.1) is 0 Å². The minimum absolute atomic E-state index is 0.688. The van der Waals surface area contributed by atoms with Gasteiger partial charge in [0.05, 0.1) is 33.1 Å². The molecule has 0 amide bonds. The lowest BCUT2D eigenvalue weighted by molar-refractivity contribution is 0.671.